The lowest BCUT2D eigenvalue weighted by molar-refractivity contribution is 1.63. The van der Waals surface area contributed by atoms with Crippen molar-refractivity contribution in [2.75, 3.05) is 0 Å². The second-order valence-corrected chi connectivity index (χ2v) is 13.2. The molecule has 0 atom stereocenters. The molecule has 0 aromatic heterocycles. The molecule has 0 saturated heterocycles. The molecule has 0 aliphatic heterocycles. The highest BCUT2D eigenvalue weighted by atomic mass is 14.3. The van der Waals surface area contributed by atoms with Crippen molar-refractivity contribution in [3.63, 3.8) is 0 Å². The van der Waals surface area contributed by atoms with Gasteiger partial charge in [0, 0.05) is 0 Å². The van der Waals surface area contributed by atoms with Crippen molar-refractivity contribution < 1.29 is 0 Å². The Labute approximate surface area is 278 Å². The Bertz CT molecular complexity index is 2900. The minimum absolute atomic E-state index is 1.25. The first-order valence-electron chi connectivity index (χ1n) is 16.8. The summed E-state index contributed by atoms with van der Waals surface area (Å²) in [6.45, 7) is 0. The lowest BCUT2D eigenvalue weighted by Crippen LogP contribution is -1.94. The normalized spacial score (nSPS) is 12.2. The minimum atomic E-state index is 1.25. The van der Waals surface area contributed by atoms with E-state index in [4.69, 9.17) is 0 Å². The molecule has 0 amide bonds. The average molecular weight is 605 g/mol. The SMILES string of the molecule is c1ccc(-c2c3c(c(-c4ccccc4)c4cc5ccccc5cc24)-c2cc4c(-c5ccccc5)ccc5ccc6ccc-3c2c6c54)cc1. The van der Waals surface area contributed by atoms with Gasteiger partial charge in [-0.2, -0.15) is 0 Å². The van der Waals surface area contributed by atoms with Crippen molar-refractivity contribution in [3.8, 4) is 55.6 Å². The molecule has 0 bridgehead atoms. The van der Waals surface area contributed by atoms with Gasteiger partial charge >= 0.3 is 0 Å². The van der Waals surface area contributed by atoms with Crippen LogP contribution in [-0.2, 0) is 0 Å². The third-order valence-corrected chi connectivity index (χ3v) is 10.7. The fourth-order valence-corrected chi connectivity index (χ4v) is 8.70. The first-order valence-corrected chi connectivity index (χ1v) is 16.8. The first-order chi connectivity index (χ1) is 23.8. The molecule has 0 unspecified atom stereocenters. The first kappa shape index (κ1) is 25.9. The van der Waals surface area contributed by atoms with E-state index < -0.39 is 0 Å². The second-order valence-electron chi connectivity index (χ2n) is 13.2. The average Bonchev–Trinajstić information content (AvgIpc) is 3.48. The van der Waals surface area contributed by atoms with Crippen LogP contribution in [0.15, 0.2) is 170 Å². The Kier molecular flexibility index (Phi) is 5.20. The molecule has 0 N–H and O–H groups in total. The molecule has 10 aromatic rings. The number of fused-ring (bicyclic) bond motifs is 5. The van der Waals surface area contributed by atoms with Crippen LogP contribution in [0, 0.1) is 0 Å². The fourth-order valence-electron chi connectivity index (χ4n) is 8.70. The van der Waals surface area contributed by atoms with Gasteiger partial charge in [-0.25, -0.2) is 0 Å². The highest BCUT2D eigenvalue weighted by Crippen LogP contribution is 2.60. The molecule has 0 nitrogen and oxygen atoms in total. The van der Waals surface area contributed by atoms with Crippen LogP contribution < -0.4 is 0 Å². The molecule has 0 radical (unpaired) electrons. The molecule has 0 fully saturated rings. The zero-order valence-electron chi connectivity index (χ0n) is 26.2. The van der Waals surface area contributed by atoms with Gasteiger partial charge in [-0.15, -0.1) is 0 Å². The van der Waals surface area contributed by atoms with E-state index >= 15 is 0 Å². The Balaban J connectivity index is 1.42. The Morgan fingerprint density at radius 1 is 0.229 bits per heavy atom. The van der Waals surface area contributed by atoms with Crippen LogP contribution >= 0.6 is 0 Å². The van der Waals surface area contributed by atoms with E-state index in [2.05, 4.69) is 170 Å². The zero-order chi connectivity index (χ0) is 31.3. The highest BCUT2D eigenvalue weighted by Gasteiger charge is 2.32. The predicted molar refractivity (Wildman–Crippen MR) is 206 cm³/mol. The van der Waals surface area contributed by atoms with E-state index in [-0.39, 0.29) is 0 Å². The van der Waals surface area contributed by atoms with Crippen molar-refractivity contribution in [3.05, 3.63) is 170 Å². The van der Waals surface area contributed by atoms with E-state index in [1.54, 1.807) is 0 Å². The standard InChI is InChI=1S/C48H28/c1-4-12-29(13-5-1)36-24-22-32-20-21-33-23-25-37-46-41(28-40(36)42(32)45(33)46)48-44(31-16-8-3-9-17-31)39-27-35-19-11-10-18-34(35)26-38(39)43(47(37)48)30-14-6-2-7-15-30/h1-28H. The summed E-state index contributed by atoms with van der Waals surface area (Å²) in [7, 11) is 0. The summed E-state index contributed by atoms with van der Waals surface area (Å²) < 4.78 is 0. The molecule has 10 aromatic carbocycles. The maximum atomic E-state index is 2.52. The minimum Gasteiger partial charge on any atom is -0.0622 e. The van der Waals surface area contributed by atoms with Gasteiger partial charge in [-0.05, 0) is 128 Å². The van der Waals surface area contributed by atoms with Crippen LogP contribution in [0.3, 0.4) is 0 Å². The zero-order valence-corrected chi connectivity index (χ0v) is 26.2. The van der Waals surface area contributed by atoms with Crippen molar-refractivity contribution >= 4 is 53.9 Å². The van der Waals surface area contributed by atoms with E-state index in [1.807, 2.05) is 0 Å². The summed E-state index contributed by atoms with van der Waals surface area (Å²) in [5.74, 6) is 0. The van der Waals surface area contributed by atoms with E-state index in [0.29, 0.717) is 0 Å². The number of hydrogen-bond acceptors (Lipinski definition) is 0. The van der Waals surface area contributed by atoms with Gasteiger partial charge in [0.25, 0.3) is 0 Å². The van der Waals surface area contributed by atoms with Gasteiger partial charge in [-0.1, -0.05) is 152 Å². The van der Waals surface area contributed by atoms with Gasteiger partial charge in [0.1, 0.15) is 0 Å². The van der Waals surface area contributed by atoms with Gasteiger partial charge in [0.05, 0.1) is 0 Å². The maximum Gasteiger partial charge on any atom is -0.000718 e. The summed E-state index contributed by atoms with van der Waals surface area (Å²) in [6.07, 6.45) is 0. The molecule has 11 rings (SSSR count). The summed E-state index contributed by atoms with van der Waals surface area (Å²) in [5.41, 5.74) is 13.0. The van der Waals surface area contributed by atoms with E-state index in [0.717, 1.165) is 0 Å². The quantitative estimate of drug-likeness (QED) is 0.139. The summed E-state index contributed by atoms with van der Waals surface area (Å²) >= 11 is 0. The molecule has 1 aliphatic carbocycles. The third-order valence-electron chi connectivity index (χ3n) is 10.7. The number of benzene rings is 10. The molecule has 0 heterocycles. The van der Waals surface area contributed by atoms with Crippen LogP contribution in [0.2, 0.25) is 0 Å². The summed E-state index contributed by atoms with van der Waals surface area (Å²) in [5, 5.41) is 13.1. The molecule has 1 aliphatic rings. The van der Waals surface area contributed by atoms with Gasteiger partial charge in [0.15, 0.2) is 0 Å². The van der Waals surface area contributed by atoms with Crippen molar-refractivity contribution in [1.29, 1.82) is 0 Å². The van der Waals surface area contributed by atoms with Crippen molar-refractivity contribution in [1.82, 2.24) is 0 Å². The third kappa shape index (κ3) is 3.44. The molecule has 0 spiro atoms. The van der Waals surface area contributed by atoms with Crippen LogP contribution in [0.5, 0.6) is 0 Å². The molecular formula is C48H28. The van der Waals surface area contributed by atoms with Crippen LogP contribution in [0.25, 0.3) is 109 Å². The van der Waals surface area contributed by atoms with Gasteiger partial charge in [-0.3, -0.25) is 0 Å². The topological polar surface area (TPSA) is 0 Å². The van der Waals surface area contributed by atoms with Crippen LogP contribution in [-0.4, -0.2) is 0 Å². The summed E-state index contributed by atoms with van der Waals surface area (Å²) in [6, 6.07) is 63.2. The Morgan fingerprint density at radius 2 is 0.688 bits per heavy atom. The van der Waals surface area contributed by atoms with Gasteiger partial charge in [0.2, 0.25) is 0 Å². The van der Waals surface area contributed by atoms with E-state index in [9.17, 15) is 0 Å². The van der Waals surface area contributed by atoms with Crippen molar-refractivity contribution in [2.45, 2.75) is 0 Å². The molecule has 0 heteroatoms. The monoisotopic (exact) mass is 604 g/mol. The second kappa shape index (κ2) is 9.64. The van der Waals surface area contributed by atoms with Crippen LogP contribution in [0.4, 0.5) is 0 Å². The summed E-state index contributed by atoms with van der Waals surface area (Å²) in [4.78, 5) is 0. The van der Waals surface area contributed by atoms with Crippen molar-refractivity contribution in [2.24, 2.45) is 0 Å². The lowest BCUT2D eigenvalue weighted by Gasteiger charge is -2.21. The van der Waals surface area contributed by atoms with E-state index in [1.165, 1.54) is 109 Å². The lowest BCUT2D eigenvalue weighted by atomic mass is 9.81. The molecule has 0 saturated carbocycles. The largest absolute Gasteiger partial charge is 0.0622 e. The Morgan fingerprint density at radius 3 is 1.27 bits per heavy atom. The smallest absolute Gasteiger partial charge is 0.000718 e. The molecule has 220 valence electrons. The van der Waals surface area contributed by atoms with Crippen LogP contribution in [0.1, 0.15) is 0 Å². The fraction of sp³-hybridized carbons (Fsp3) is 0. The Hall–Kier alpha value is -6.24. The van der Waals surface area contributed by atoms with Gasteiger partial charge < -0.3 is 0 Å². The highest BCUT2D eigenvalue weighted by molar-refractivity contribution is 6.37. The predicted octanol–water partition coefficient (Wildman–Crippen LogP) is 13.5. The maximum absolute atomic E-state index is 2.52. The number of hydrogen-bond donors (Lipinski definition) is 0. The molecule has 48 heavy (non-hydrogen) atoms. The molecular weight excluding hydrogens is 577 g/mol. The number of rotatable bonds is 3.